The number of aromatic nitrogens is 1. The third kappa shape index (κ3) is 2.32. The van der Waals surface area contributed by atoms with Crippen molar-refractivity contribution in [3.8, 4) is 11.8 Å². The number of rotatable bonds is 4. The van der Waals surface area contributed by atoms with Gasteiger partial charge in [0.05, 0.1) is 14.2 Å². The fourth-order valence-electron chi connectivity index (χ4n) is 1.05. The second-order valence-corrected chi connectivity index (χ2v) is 2.50. The largest absolute Gasteiger partial charge is 0.481 e. The van der Waals surface area contributed by atoms with E-state index >= 15 is 0 Å². The number of pyridine rings is 1. The number of ether oxygens (including phenoxy) is 2. The number of hydrogen-bond donors (Lipinski definition) is 1. The Balaban J connectivity index is 2.93. The highest BCUT2D eigenvalue weighted by Gasteiger charge is 2.05. The van der Waals surface area contributed by atoms with Crippen molar-refractivity contribution in [1.29, 1.82) is 0 Å². The van der Waals surface area contributed by atoms with Crippen molar-refractivity contribution in [2.45, 2.75) is 6.42 Å². The van der Waals surface area contributed by atoms with Crippen LogP contribution in [0.25, 0.3) is 0 Å². The minimum Gasteiger partial charge on any atom is -0.481 e. The lowest BCUT2D eigenvalue weighted by Crippen LogP contribution is -1.99. The van der Waals surface area contributed by atoms with Gasteiger partial charge in [0.25, 0.3) is 0 Å². The Morgan fingerprint density at radius 2 is 2.08 bits per heavy atom. The summed E-state index contributed by atoms with van der Waals surface area (Å²) in [6.07, 6.45) is 0.542. The van der Waals surface area contributed by atoms with Crippen molar-refractivity contribution < 1.29 is 14.6 Å². The molecule has 0 aliphatic rings. The van der Waals surface area contributed by atoms with Gasteiger partial charge in [-0.1, -0.05) is 0 Å². The van der Waals surface area contributed by atoms with Gasteiger partial charge in [-0.3, -0.25) is 0 Å². The maximum absolute atomic E-state index is 8.75. The molecule has 1 heterocycles. The molecule has 0 fully saturated rings. The Morgan fingerprint density at radius 3 is 2.62 bits per heavy atom. The smallest absolute Gasteiger partial charge is 0.219 e. The monoisotopic (exact) mass is 183 g/mol. The van der Waals surface area contributed by atoms with E-state index in [4.69, 9.17) is 14.6 Å². The first kappa shape index (κ1) is 9.80. The van der Waals surface area contributed by atoms with Crippen LogP contribution in [0.4, 0.5) is 0 Å². The van der Waals surface area contributed by atoms with Gasteiger partial charge in [-0.25, -0.2) is 0 Å². The van der Waals surface area contributed by atoms with Gasteiger partial charge in [0.2, 0.25) is 11.8 Å². The molecular weight excluding hydrogens is 170 g/mol. The minimum absolute atomic E-state index is 0.0877. The molecule has 0 bridgehead atoms. The highest BCUT2D eigenvalue weighted by atomic mass is 16.5. The summed E-state index contributed by atoms with van der Waals surface area (Å²) in [5, 5.41) is 8.75. The highest BCUT2D eigenvalue weighted by molar-refractivity contribution is 5.30. The summed E-state index contributed by atoms with van der Waals surface area (Å²) in [5.74, 6) is 1.02. The Labute approximate surface area is 77.1 Å². The van der Waals surface area contributed by atoms with E-state index in [1.165, 1.54) is 0 Å². The number of aliphatic hydroxyl groups excluding tert-OH is 1. The van der Waals surface area contributed by atoms with Crippen LogP contribution in [0.2, 0.25) is 0 Å². The van der Waals surface area contributed by atoms with E-state index < -0.39 is 0 Å². The summed E-state index contributed by atoms with van der Waals surface area (Å²) in [7, 11) is 3.09. The van der Waals surface area contributed by atoms with Crippen molar-refractivity contribution in [2.75, 3.05) is 20.8 Å². The summed E-state index contributed by atoms with van der Waals surface area (Å²) in [6, 6.07) is 3.58. The molecule has 0 aliphatic carbocycles. The van der Waals surface area contributed by atoms with Gasteiger partial charge < -0.3 is 14.6 Å². The zero-order chi connectivity index (χ0) is 9.68. The second kappa shape index (κ2) is 4.67. The molecule has 1 aromatic heterocycles. The fraction of sp³-hybridized carbons (Fsp3) is 0.444. The molecule has 0 amide bonds. The molecule has 0 aliphatic heterocycles. The average molecular weight is 183 g/mol. The number of methoxy groups -OCH3 is 2. The standard InChI is InChI=1S/C9H13NO3/c1-12-8-4-3-7(5-6-11)9(10-8)13-2/h3-4,11H,5-6H2,1-2H3. The summed E-state index contributed by atoms with van der Waals surface area (Å²) in [4.78, 5) is 4.07. The van der Waals surface area contributed by atoms with Gasteiger partial charge >= 0.3 is 0 Å². The third-order valence-corrected chi connectivity index (χ3v) is 1.70. The number of aliphatic hydroxyl groups is 1. The molecule has 4 nitrogen and oxygen atoms in total. The molecule has 0 atom stereocenters. The predicted molar refractivity (Wildman–Crippen MR) is 48.1 cm³/mol. The summed E-state index contributed by atoms with van der Waals surface area (Å²) >= 11 is 0. The molecule has 1 aromatic rings. The van der Waals surface area contributed by atoms with E-state index in [2.05, 4.69) is 4.98 Å². The topological polar surface area (TPSA) is 51.6 Å². The molecule has 0 aromatic carbocycles. The van der Waals surface area contributed by atoms with Gasteiger partial charge in [-0.15, -0.1) is 0 Å². The Kier molecular flexibility index (Phi) is 3.52. The molecule has 0 unspecified atom stereocenters. The quantitative estimate of drug-likeness (QED) is 0.744. The zero-order valence-electron chi connectivity index (χ0n) is 7.78. The normalized spacial score (nSPS) is 9.77. The Hall–Kier alpha value is -1.29. The molecule has 0 saturated carbocycles. The Morgan fingerprint density at radius 1 is 1.31 bits per heavy atom. The molecule has 1 N–H and O–H groups in total. The molecular formula is C9H13NO3. The van der Waals surface area contributed by atoms with E-state index in [-0.39, 0.29) is 6.61 Å². The van der Waals surface area contributed by atoms with Crippen molar-refractivity contribution >= 4 is 0 Å². The molecule has 0 radical (unpaired) electrons. The average Bonchev–Trinajstić information content (AvgIpc) is 2.19. The molecule has 0 spiro atoms. The number of hydrogen-bond acceptors (Lipinski definition) is 4. The lowest BCUT2D eigenvalue weighted by atomic mass is 10.2. The van der Waals surface area contributed by atoms with Crippen molar-refractivity contribution in [2.24, 2.45) is 0 Å². The van der Waals surface area contributed by atoms with Gasteiger partial charge in [-0.2, -0.15) is 4.98 Å². The van der Waals surface area contributed by atoms with E-state index in [1.807, 2.05) is 6.07 Å². The van der Waals surface area contributed by atoms with Gasteiger partial charge in [0.1, 0.15) is 0 Å². The maximum atomic E-state index is 8.75. The third-order valence-electron chi connectivity index (χ3n) is 1.70. The molecule has 0 saturated heterocycles. The van der Waals surface area contributed by atoms with E-state index in [9.17, 15) is 0 Å². The van der Waals surface area contributed by atoms with Crippen molar-refractivity contribution in [1.82, 2.24) is 4.98 Å². The van der Waals surface area contributed by atoms with Crippen LogP contribution in [0.1, 0.15) is 5.56 Å². The first-order valence-electron chi connectivity index (χ1n) is 4.00. The summed E-state index contributed by atoms with van der Waals surface area (Å²) < 4.78 is 9.97. The van der Waals surface area contributed by atoms with Gasteiger partial charge in [0.15, 0.2) is 0 Å². The zero-order valence-corrected chi connectivity index (χ0v) is 7.78. The second-order valence-electron chi connectivity index (χ2n) is 2.50. The maximum Gasteiger partial charge on any atom is 0.219 e. The fourth-order valence-corrected chi connectivity index (χ4v) is 1.05. The number of nitrogens with zero attached hydrogens (tertiary/aromatic N) is 1. The lowest BCUT2D eigenvalue weighted by molar-refractivity contribution is 0.294. The SMILES string of the molecule is COc1ccc(CCO)c(OC)n1. The van der Waals surface area contributed by atoms with E-state index in [1.54, 1.807) is 20.3 Å². The molecule has 13 heavy (non-hydrogen) atoms. The van der Waals surface area contributed by atoms with Crippen molar-refractivity contribution in [3.05, 3.63) is 17.7 Å². The predicted octanol–water partition coefficient (Wildman–Crippen LogP) is 0.634. The van der Waals surface area contributed by atoms with Gasteiger partial charge in [0, 0.05) is 24.7 Å². The highest BCUT2D eigenvalue weighted by Crippen LogP contribution is 2.19. The van der Waals surface area contributed by atoms with Crippen LogP contribution in [-0.4, -0.2) is 30.9 Å². The first-order chi connectivity index (χ1) is 6.31. The Bertz CT molecular complexity index is 276. The lowest BCUT2D eigenvalue weighted by Gasteiger charge is -2.07. The van der Waals surface area contributed by atoms with Crippen LogP contribution < -0.4 is 9.47 Å². The summed E-state index contributed by atoms with van der Waals surface area (Å²) in [5.41, 5.74) is 0.880. The van der Waals surface area contributed by atoms with Crippen LogP contribution in [0, 0.1) is 0 Å². The van der Waals surface area contributed by atoms with E-state index in [0.717, 1.165) is 5.56 Å². The van der Waals surface area contributed by atoms with Gasteiger partial charge in [-0.05, 0) is 6.07 Å². The molecule has 4 heteroatoms. The van der Waals surface area contributed by atoms with Crippen LogP contribution in [0.5, 0.6) is 11.8 Å². The summed E-state index contributed by atoms with van der Waals surface area (Å²) in [6.45, 7) is 0.0877. The van der Waals surface area contributed by atoms with E-state index in [0.29, 0.717) is 18.2 Å². The van der Waals surface area contributed by atoms with Crippen LogP contribution in [-0.2, 0) is 6.42 Å². The van der Waals surface area contributed by atoms with Crippen LogP contribution in [0.15, 0.2) is 12.1 Å². The van der Waals surface area contributed by atoms with Crippen LogP contribution in [0.3, 0.4) is 0 Å². The molecule has 1 rings (SSSR count). The van der Waals surface area contributed by atoms with Crippen LogP contribution >= 0.6 is 0 Å². The first-order valence-corrected chi connectivity index (χ1v) is 4.00. The minimum atomic E-state index is 0.0877. The molecule has 72 valence electrons. The van der Waals surface area contributed by atoms with Crippen molar-refractivity contribution in [3.63, 3.8) is 0 Å².